The molecule has 0 radical (unpaired) electrons. The fourth-order valence-electron chi connectivity index (χ4n) is 6.53. The molecule has 2 aromatic rings. The minimum absolute atomic E-state index is 0.0281. The van der Waals surface area contributed by atoms with Gasteiger partial charge in [0.15, 0.2) is 0 Å². The van der Waals surface area contributed by atoms with Gasteiger partial charge in [-0.15, -0.1) is 0 Å². The van der Waals surface area contributed by atoms with E-state index in [2.05, 4.69) is 15.5 Å². The Balaban J connectivity index is 1.06. The average Bonchev–Trinajstić information content (AvgIpc) is 3.56. The van der Waals surface area contributed by atoms with E-state index in [1.807, 2.05) is 30.3 Å². The quantitative estimate of drug-likeness (QED) is 0.548. The molecule has 5 atom stereocenters. The Morgan fingerprint density at radius 3 is 2.41 bits per heavy atom. The van der Waals surface area contributed by atoms with Crippen LogP contribution in [0, 0.1) is 11.8 Å². The van der Waals surface area contributed by atoms with Gasteiger partial charge in [0.25, 0.3) is 5.91 Å². The lowest BCUT2D eigenvalue weighted by Crippen LogP contribution is -2.44. The van der Waals surface area contributed by atoms with Crippen molar-refractivity contribution in [2.75, 3.05) is 19.6 Å². The van der Waals surface area contributed by atoms with Crippen molar-refractivity contribution in [3.8, 4) is 0 Å². The van der Waals surface area contributed by atoms with Crippen molar-refractivity contribution in [3.63, 3.8) is 0 Å². The number of nitrogens with zero attached hydrogens (tertiary/aromatic N) is 1. The predicted octanol–water partition coefficient (Wildman–Crippen LogP) is 3.70. The number of carbonyl (C=O) groups is 2. The summed E-state index contributed by atoms with van der Waals surface area (Å²) in [4.78, 5) is 27.1. The van der Waals surface area contributed by atoms with Crippen LogP contribution >= 0.6 is 0 Å². The molecule has 2 aromatic carbocycles. The van der Waals surface area contributed by atoms with Crippen molar-refractivity contribution in [3.05, 3.63) is 71.3 Å². The highest BCUT2D eigenvalue weighted by Gasteiger charge is 2.50. The van der Waals surface area contributed by atoms with E-state index in [0.29, 0.717) is 17.9 Å². The number of hydrogen-bond acceptors (Lipinski definition) is 4. The van der Waals surface area contributed by atoms with E-state index in [9.17, 15) is 27.9 Å². The third kappa shape index (κ3) is 5.67. The summed E-state index contributed by atoms with van der Waals surface area (Å²) < 4.78 is 38.6. The highest BCUT2D eigenvalue weighted by molar-refractivity contribution is 5.96. The van der Waals surface area contributed by atoms with Crippen LogP contribution in [0.2, 0.25) is 0 Å². The summed E-state index contributed by atoms with van der Waals surface area (Å²) in [6.07, 6.45) is -0.0488. The number of benzene rings is 2. The van der Waals surface area contributed by atoms with Crippen molar-refractivity contribution >= 4 is 11.8 Å². The fourth-order valence-corrected chi connectivity index (χ4v) is 6.53. The molecule has 37 heavy (non-hydrogen) atoms. The molecule has 2 saturated carbocycles. The first-order valence-corrected chi connectivity index (χ1v) is 12.9. The number of amides is 2. The second-order valence-corrected chi connectivity index (χ2v) is 10.8. The number of fused-ring (bicyclic) bond motifs is 1. The van der Waals surface area contributed by atoms with Gasteiger partial charge < -0.3 is 15.7 Å². The van der Waals surface area contributed by atoms with Gasteiger partial charge in [-0.05, 0) is 67.7 Å². The SMILES string of the molecule is O=C(CNC(=O)c1cccc(C(F)(F)F)c1)N[C@@H]1CCN(C2C[C@@H]3CC(O)(c4ccccc4)C[C@@H]3C2)C1. The zero-order valence-corrected chi connectivity index (χ0v) is 20.5. The molecule has 2 amide bonds. The monoisotopic (exact) mass is 515 g/mol. The van der Waals surface area contributed by atoms with Gasteiger partial charge in [-0.1, -0.05) is 36.4 Å². The molecule has 0 bridgehead atoms. The Kier molecular flexibility index (Phi) is 7.02. The Labute approximate surface area is 214 Å². The van der Waals surface area contributed by atoms with E-state index in [1.165, 1.54) is 12.1 Å². The summed E-state index contributed by atoms with van der Waals surface area (Å²) in [5, 5.41) is 16.6. The van der Waals surface area contributed by atoms with Crippen LogP contribution in [0.1, 0.15) is 53.6 Å². The maximum absolute atomic E-state index is 12.9. The highest BCUT2D eigenvalue weighted by Crippen LogP contribution is 2.53. The molecule has 6 nitrogen and oxygen atoms in total. The minimum Gasteiger partial charge on any atom is -0.385 e. The van der Waals surface area contributed by atoms with Gasteiger partial charge in [0.05, 0.1) is 17.7 Å². The Hall–Kier alpha value is -2.91. The third-order valence-electron chi connectivity index (χ3n) is 8.29. The molecule has 9 heteroatoms. The van der Waals surface area contributed by atoms with Crippen molar-refractivity contribution < 1.29 is 27.9 Å². The van der Waals surface area contributed by atoms with Crippen LogP contribution < -0.4 is 10.6 Å². The first-order valence-electron chi connectivity index (χ1n) is 12.9. The zero-order chi connectivity index (χ0) is 26.2. The standard InChI is InChI=1S/C28H32F3N3O3/c29-28(30,31)22-8-4-5-18(11-22)26(36)32-16-25(35)33-23-9-10-34(17-23)24-12-19-14-27(37,15-20(19)13-24)21-6-2-1-3-7-21/h1-8,11,19-20,23-24,37H,9-10,12-17H2,(H,32,36)(H,33,35)/t19-,20+,23-,24?,27?/m1/s1. The molecule has 3 N–H and O–H groups in total. The smallest absolute Gasteiger partial charge is 0.385 e. The molecule has 5 rings (SSSR count). The van der Waals surface area contributed by atoms with Crippen LogP contribution in [0.3, 0.4) is 0 Å². The third-order valence-corrected chi connectivity index (χ3v) is 8.29. The molecule has 0 aromatic heterocycles. The first kappa shape index (κ1) is 25.7. The van der Waals surface area contributed by atoms with Crippen LogP contribution in [-0.4, -0.2) is 53.5 Å². The van der Waals surface area contributed by atoms with Gasteiger partial charge in [-0.3, -0.25) is 14.5 Å². The fraction of sp³-hybridized carbons (Fsp3) is 0.500. The molecule has 198 valence electrons. The molecule has 0 spiro atoms. The first-order chi connectivity index (χ1) is 17.6. The number of rotatable bonds is 6. The van der Waals surface area contributed by atoms with Gasteiger partial charge in [0.1, 0.15) is 0 Å². The van der Waals surface area contributed by atoms with Crippen LogP contribution in [0.15, 0.2) is 54.6 Å². The number of hydrogen-bond donors (Lipinski definition) is 3. The summed E-state index contributed by atoms with van der Waals surface area (Å²) in [6, 6.07) is 14.5. The minimum atomic E-state index is -4.54. The van der Waals surface area contributed by atoms with Crippen LogP contribution in [0.4, 0.5) is 13.2 Å². The number of alkyl halides is 3. The van der Waals surface area contributed by atoms with Gasteiger partial charge >= 0.3 is 6.18 Å². The van der Waals surface area contributed by atoms with Crippen molar-refractivity contribution in [1.29, 1.82) is 0 Å². The van der Waals surface area contributed by atoms with Gasteiger partial charge in [0.2, 0.25) is 5.91 Å². The molecular weight excluding hydrogens is 483 g/mol. The number of aliphatic hydroxyl groups is 1. The molecule has 3 aliphatic rings. The maximum Gasteiger partial charge on any atom is 0.416 e. The summed E-state index contributed by atoms with van der Waals surface area (Å²) in [5.74, 6) is -0.0875. The van der Waals surface area contributed by atoms with Crippen molar-refractivity contribution in [1.82, 2.24) is 15.5 Å². The van der Waals surface area contributed by atoms with Gasteiger partial charge in [-0.25, -0.2) is 0 Å². The molecule has 1 aliphatic heterocycles. The lowest BCUT2D eigenvalue weighted by molar-refractivity contribution is -0.137. The summed E-state index contributed by atoms with van der Waals surface area (Å²) in [6.45, 7) is 1.33. The van der Waals surface area contributed by atoms with E-state index in [4.69, 9.17) is 0 Å². The van der Waals surface area contributed by atoms with Crippen LogP contribution in [0.25, 0.3) is 0 Å². The summed E-state index contributed by atoms with van der Waals surface area (Å²) in [7, 11) is 0. The van der Waals surface area contributed by atoms with E-state index >= 15 is 0 Å². The molecular formula is C28H32F3N3O3. The Morgan fingerprint density at radius 2 is 1.73 bits per heavy atom. The lowest BCUT2D eigenvalue weighted by atomic mass is 9.89. The molecule has 1 saturated heterocycles. The lowest BCUT2D eigenvalue weighted by Gasteiger charge is -2.28. The largest absolute Gasteiger partial charge is 0.416 e. The topological polar surface area (TPSA) is 81.7 Å². The maximum atomic E-state index is 12.9. The zero-order valence-electron chi connectivity index (χ0n) is 20.5. The second kappa shape index (κ2) is 10.1. The van der Waals surface area contributed by atoms with Crippen LogP contribution in [0.5, 0.6) is 0 Å². The Bertz CT molecular complexity index is 1130. The number of likely N-dealkylation sites (tertiary alicyclic amines) is 1. The normalized spacial score (nSPS) is 29.7. The second-order valence-electron chi connectivity index (χ2n) is 10.8. The van der Waals surface area contributed by atoms with E-state index < -0.39 is 23.2 Å². The van der Waals surface area contributed by atoms with E-state index in [-0.39, 0.29) is 24.1 Å². The Morgan fingerprint density at radius 1 is 1.03 bits per heavy atom. The average molecular weight is 516 g/mol. The highest BCUT2D eigenvalue weighted by atomic mass is 19.4. The van der Waals surface area contributed by atoms with Crippen molar-refractivity contribution in [2.45, 2.75) is 56.0 Å². The molecule has 1 heterocycles. The predicted molar refractivity (Wildman–Crippen MR) is 131 cm³/mol. The van der Waals surface area contributed by atoms with Crippen LogP contribution in [-0.2, 0) is 16.6 Å². The molecule has 3 fully saturated rings. The van der Waals surface area contributed by atoms with Gasteiger partial charge in [0, 0.05) is 30.7 Å². The number of halogens is 3. The molecule has 2 unspecified atom stereocenters. The molecule has 2 aliphatic carbocycles. The van der Waals surface area contributed by atoms with Gasteiger partial charge in [-0.2, -0.15) is 13.2 Å². The summed E-state index contributed by atoms with van der Waals surface area (Å²) >= 11 is 0. The van der Waals surface area contributed by atoms with Crippen molar-refractivity contribution in [2.24, 2.45) is 11.8 Å². The number of carbonyl (C=O) groups excluding carboxylic acids is 2. The van der Waals surface area contributed by atoms with E-state index in [1.54, 1.807) is 0 Å². The summed E-state index contributed by atoms with van der Waals surface area (Å²) in [5.41, 5.74) is -0.774. The number of nitrogens with one attached hydrogen (secondary N) is 2. The van der Waals surface area contributed by atoms with E-state index in [0.717, 1.165) is 62.9 Å².